The Hall–Kier alpha value is -2.83. The monoisotopic (exact) mass is 307 g/mol. The molecule has 0 fully saturated rings. The van der Waals surface area contributed by atoms with Crippen molar-refractivity contribution in [2.75, 3.05) is 20.8 Å². The first-order chi connectivity index (χ1) is 10.4. The fourth-order valence-corrected chi connectivity index (χ4v) is 1.54. The Morgan fingerprint density at radius 3 is 2.45 bits per heavy atom. The molecular formula is C15H17NO6. The van der Waals surface area contributed by atoms with E-state index in [0.717, 1.165) is 0 Å². The Bertz CT molecular complexity index is 620. The van der Waals surface area contributed by atoms with Crippen LogP contribution in [0.25, 0.3) is 6.08 Å². The quantitative estimate of drug-likeness (QED) is 0.333. The number of rotatable bonds is 7. The Kier molecular flexibility index (Phi) is 6.12. The van der Waals surface area contributed by atoms with Gasteiger partial charge in [-0.25, -0.2) is 4.79 Å². The highest BCUT2D eigenvalue weighted by Crippen LogP contribution is 2.28. The molecule has 0 atom stereocenters. The topological polar surface area (TPSA) is 87.9 Å². The molecule has 7 heteroatoms. The number of carbonyl (C=O) groups is 1. The second kappa shape index (κ2) is 7.82. The molecule has 0 saturated carbocycles. The smallest absolute Gasteiger partial charge is 0.333 e. The van der Waals surface area contributed by atoms with Gasteiger partial charge in [0.2, 0.25) is 0 Å². The lowest BCUT2D eigenvalue weighted by molar-refractivity contribution is -0.428. The van der Waals surface area contributed by atoms with Crippen LogP contribution in [0.15, 0.2) is 36.0 Å². The van der Waals surface area contributed by atoms with Gasteiger partial charge in [-0.15, -0.1) is 0 Å². The maximum atomic E-state index is 11.3. The fraction of sp³-hybridized carbons (Fsp3) is 0.267. The molecule has 0 aliphatic carbocycles. The third kappa shape index (κ3) is 4.62. The summed E-state index contributed by atoms with van der Waals surface area (Å²) in [6.45, 7) is 4.42. The van der Waals surface area contributed by atoms with E-state index in [1.54, 1.807) is 18.2 Å². The van der Waals surface area contributed by atoms with Gasteiger partial charge in [-0.05, 0) is 24.6 Å². The van der Waals surface area contributed by atoms with E-state index in [0.29, 0.717) is 17.1 Å². The molecule has 0 spiro atoms. The van der Waals surface area contributed by atoms with Gasteiger partial charge in [-0.1, -0.05) is 12.6 Å². The van der Waals surface area contributed by atoms with Crippen molar-refractivity contribution < 1.29 is 23.9 Å². The van der Waals surface area contributed by atoms with E-state index in [1.165, 1.54) is 27.2 Å². The minimum atomic E-state index is -0.680. The normalized spacial score (nSPS) is 10.8. The summed E-state index contributed by atoms with van der Waals surface area (Å²) >= 11 is 0. The van der Waals surface area contributed by atoms with Crippen molar-refractivity contribution in [2.24, 2.45) is 0 Å². The summed E-state index contributed by atoms with van der Waals surface area (Å²) < 4.78 is 15.0. The molecule has 0 amide bonds. The zero-order valence-electron chi connectivity index (χ0n) is 12.6. The number of hydrogen-bond acceptors (Lipinski definition) is 6. The summed E-state index contributed by atoms with van der Waals surface area (Å²) in [5.74, 6) is 0.272. The first-order valence-corrected chi connectivity index (χ1v) is 6.28. The number of esters is 1. The molecule has 22 heavy (non-hydrogen) atoms. The van der Waals surface area contributed by atoms with Crippen LogP contribution >= 0.6 is 0 Å². The second-order valence-electron chi connectivity index (χ2n) is 4.36. The number of benzene rings is 1. The third-order valence-corrected chi connectivity index (χ3v) is 2.67. The van der Waals surface area contributed by atoms with Crippen LogP contribution < -0.4 is 9.47 Å². The average Bonchev–Trinajstić information content (AvgIpc) is 2.50. The number of methoxy groups -OCH3 is 2. The van der Waals surface area contributed by atoms with Gasteiger partial charge < -0.3 is 14.2 Å². The molecule has 1 aromatic rings. The van der Waals surface area contributed by atoms with E-state index in [4.69, 9.17) is 14.2 Å². The van der Waals surface area contributed by atoms with E-state index in [2.05, 4.69) is 6.58 Å². The SMILES string of the molecule is C=C(C)C(=O)OC/C(=C/c1ccc(OC)c(OC)c1)[N+](=O)[O-]. The van der Waals surface area contributed by atoms with Gasteiger partial charge in [-0.2, -0.15) is 0 Å². The van der Waals surface area contributed by atoms with Crippen molar-refractivity contribution in [3.05, 3.63) is 51.7 Å². The zero-order chi connectivity index (χ0) is 16.7. The molecule has 0 heterocycles. The minimum Gasteiger partial charge on any atom is -0.493 e. The Morgan fingerprint density at radius 1 is 1.32 bits per heavy atom. The maximum Gasteiger partial charge on any atom is 0.333 e. The lowest BCUT2D eigenvalue weighted by atomic mass is 10.1. The Balaban J connectivity index is 3.00. The largest absolute Gasteiger partial charge is 0.493 e. The highest BCUT2D eigenvalue weighted by atomic mass is 16.6. The molecule has 0 radical (unpaired) electrons. The van der Waals surface area contributed by atoms with Gasteiger partial charge in [0.1, 0.15) is 0 Å². The molecule has 0 N–H and O–H groups in total. The van der Waals surface area contributed by atoms with E-state index in [1.807, 2.05) is 0 Å². The van der Waals surface area contributed by atoms with E-state index in [9.17, 15) is 14.9 Å². The standard InChI is InChI=1S/C15H17NO6/c1-10(2)15(17)22-9-12(16(18)19)7-11-5-6-13(20-3)14(8-11)21-4/h5-8H,1,9H2,2-4H3/b12-7-. The number of carbonyl (C=O) groups excluding carboxylic acids is 1. The van der Waals surface area contributed by atoms with Gasteiger partial charge in [0, 0.05) is 11.6 Å². The predicted molar refractivity (Wildman–Crippen MR) is 80.3 cm³/mol. The second-order valence-corrected chi connectivity index (χ2v) is 4.36. The van der Waals surface area contributed by atoms with Crippen LogP contribution in [0.1, 0.15) is 12.5 Å². The zero-order valence-corrected chi connectivity index (χ0v) is 12.6. The summed E-state index contributed by atoms with van der Waals surface area (Å²) in [4.78, 5) is 21.7. The van der Waals surface area contributed by atoms with Gasteiger partial charge in [0.15, 0.2) is 18.1 Å². The van der Waals surface area contributed by atoms with Crippen molar-refractivity contribution >= 4 is 12.0 Å². The van der Waals surface area contributed by atoms with Crippen LogP contribution in [0, 0.1) is 10.1 Å². The molecular weight excluding hydrogens is 290 g/mol. The van der Waals surface area contributed by atoms with Crippen molar-refractivity contribution in [3.63, 3.8) is 0 Å². The number of hydrogen-bond donors (Lipinski definition) is 0. The molecule has 0 aromatic heterocycles. The first-order valence-electron chi connectivity index (χ1n) is 6.28. The molecule has 1 aromatic carbocycles. The maximum absolute atomic E-state index is 11.3. The van der Waals surface area contributed by atoms with Gasteiger partial charge >= 0.3 is 5.97 Å². The summed E-state index contributed by atoms with van der Waals surface area (Å²) in [6, 6.07) is 4.84. The third-order valence-electron chi connectivity index (χ3n) is 2.67. The van der Waals surface area contributed by atoms with Gasteiger partial charge in [-0.3, -0.25) is 10.1 Å². The summed E-state index contributed by atoms with van der Waals surface area (Å²) in [6.07, 6.45) is 1.30. The number of ether oxygens (including phenoxy) is 3. The summed E-state index contributed by atoms with van der Waals surface area (Å²) in [7, 11) is 2.96. The average molecular weight is 307 g/mol. The van der Waals surface area contributed by atoms with Crippen LogP contribution in [0.3, 0.4) is 0 Å². The van der Waals surface area contributed by atoms with Crippen molar-refractivity contribution in [1.29, 1.82) is 0 Å². The molecule has 0 saturated heterocycles. The van der Waals surface area contributed by atoms with Crippen molar-refractivity contribution in [2.45, 2.75) is 6.92 Å². The number of nitro groups is 1. The van der Waals surface area contributed by atoms with Crippen LogP contribution in [-0.4, -0.2) is 31.7 Å². The Morgan fingerprint density at radius 2 is 1.95 bits per heavy atom. The Labute approximate surface area is 127 Å². The molecule has 0 aliphatic rings. The highest BCUT2D eigenvalue weighted by Gasteiger charge is 2.15. The van der Waals surface area contributed by atoms with Gasteiger partial charge in [0.05, 0.1) is 19.1 Å². The van der Waals surface area contributed by atoms with Crippen LogP contribution in [0.2, 0.25) is 0 Å². The summed E-state index contributed by atoms with van der Waals surface area (Å²) in [5.41, 5.74) is 0.436. The van der Waals surface area contributed by atoms with E-state index in [-0.39, 0.29) is 11.3 Å². The summed E-state index contributed by atoms with van der Waals surface area (Å²) in [5, 5.41) is 11.0. The molecule has 1 rings (SSSR count). The van der Waals surface area contributed by atoms with Crippen LogP contribution in [-0.2, 0) is 9.53 Å². The molecule has 0 aliphatic heterocycles. The van der Waals surface area contributed by atoms with Crippen molar-refractivity contribution in [3.8, 4) is 11.5 Å². The minimum absolute atomic E-state index is 0.175. The van der Waals surface area contributed by atoms with Crippen molar-refractivity contribution in [1.82, 2.24) is 0 Å². The number of nitrogens with zero attached hydrogens (tertiary/aromatic N) is 1. The first kappa shape index (κ1) is 17.2. The van der Waals surface area contributed by atoms with Gasteiger partial charge in [0.25, 0.3) is 5.70 Å². The van der Waals surface area contributed by atoms with E-state index >= 15 is 0 Å². The molecule has 0 unspecified atom stereocenters. The van der Waals surface area contributed by atoms with Crippen LogP contribution in [0.4, 0.5) is 0 Å². The predicted octanol–water partition coefficient (Wildman–Crippen LogP) is 2.44. The van der Waals surface area contributed by atoms with E-state index < -0.39 is 17.5 Å². The molecule has 7 nitrogen and oxygen atoms in total. The molecule has 118 valence electrons. The lowest BCUT2D eigenvalue weighted by Gasteiger charge is -2.08. The fourth-order valence-electron chi connectivity index (χ4n) is 1.54. The molecule has 0 bridgehead atoms. The lowest BCUT2D eigenvalue weighted by Crippen LogP contribution is -2.12. The highest BCUT2D eigenvalue weighted by molar-refractivity contribution is 5.87. The van der Waals surface area contributed by atoms with Crippen LogP contribution in [0.5, 0.6) is 11.5 Å².